The third-order valence-corrected chi connectivity index (χ3v) is 8.83. The minimum atomic E-state index is -1.80. The van der Waals surface area contributed by atoms with E-state index in [4.69, 9.17) is 16.0 Å². The molecule has 1 unspecified atom stereocenters. The van der Waals surface area contributed by atoms with Gasteiger partial charge in [0.2, 0.25) is 0 Å². The van der Waals surface area contributed by atoms with E-state index in [0.29, 0.717) is 18.6 Å². The van der Waals surface area contributed by atoms with E-state index in [2.05, 4.69) is 33.9 Å². The molecule has 0 aromatic heterocycles. The van der Waals surface area contributed by atoms with Gasteiger partial charge in [-0.25, -0.2) is 4.39 Å². The number of aliphatic hydroxyl groups excluding tert-OH is 1. The molecule has 0 aliphatic heterocycles. The van der Waals surface area contributed by atoms with Crippen LogP contribution in [0.4, 0.5) is 4.39 Å². The average molecular weight is 319 g/mol. The molecule has 0 radical (unpaired) electrons. The van der Waals surface area contributed by atoms with Crippen molar-refractivity contribution < 1.29 is 13.9 Å². The molecule has 5 heteroatoms. The SMILES string of the molecule is CC(C)(C)[Si](C)(C)OCCC(O)c1ccc(Cl)c(F)c1. The van der Waals surface area contributed by atoms with Crippen LogP contribution in [0.25, 0.3) is 0 Å². The van der Waals surface area contributed by atoms with Gasteiger partial charge in [-0.2, -0.15) is 0 Å². The van der Waals surface area contributed by atoms with Crippen molar-refractivity contribution in [3.8, 4) is 0 Å². The van der Waals surface area contributed by atoms with Gasteiger partial charge in [0.15, 0.2) is 8.32 Å². The van der Waals surface area contributed by atoms with Crippen LogP contribution >= 0.6 is 11.6 Å². The zero-order valence-electron chi connectivity index (χ0n) is 12.8. The first kappa shape index (κ1) is 17.6. The van der Waals surface area contributed by atoms with Gasteiger partial charge in [-0.3, -0.25) is 0 Å². The van der Waals surface area contributed by atoms with E-state index in [1.807, 2.05) is 0 Å². The van der Waals surface area contributed by atoms with Gasteiger partial charge in [0.25, 0.3) is 0 Å². The fourth-order valence-corrected chi connectivity index (χ4v) is 2.71. The van der Waals surface area contributed by atoms with Crippen molar-refractivity contribution in [1.82, 2.24) is 0 Å². The third-order valence-electron chi connectivity index (χ3n) is 3.99. The van der Waals surface area contributed by atoms with Crippen molar-refractivity contribution in [2.24, 2.45) is 0 Å². The molecule has 1 aromatic rings. The Bertz CT molecular complexity index is 458. The lowest BCUT2D eigenvalue weighted by Gasteiger charge is -2.36. The predicted octanol–water partition coefficient (Wildman–Crippen LogP) is 4.92. The fourth-order valence-electron chi connectivity index (χ4n) is 1.53. The fraction of sp³-hybridized carbons (Fsp3) is 0.600. The maximum atomic E-state index is 13.3. The van der Waals surface area contributed by atoms with Gasteiger partial charge in [-0.05, 0) is 42.2 Å². The number of aliphatic hydroxyl groups is 1. The first-order valence-corrected chi connectivity index (χ1v) is 10.1. The Morgan fingerprint density at radius 1 is 1.35 bits per heavy atom. The van der Waals surface area contributed by atoms with Crippen molar-refractivity contribution in [3.05, 3.63) is 34.6 Å². The van der Waals surface area contributed by atoms with Crippen LogP contribution in [0.5, 0.6) is 0 Å². The summed E-state index contributed by atoms with van der Waals surface area (Å²) in [5.74, 6) is -0.506. The van der Waals surface area contributed by atoms with Crippen LogP contribution in [0.2, 0.25) is 23.2 Å². The van der Waals surface area contributed by atoms with E-state index in [1.54, 1.807) is 6.07 Å². The molecule has 20 heavy (non-hydrogen) atoms. The van der Waals surface area contributed by atoms with Crippen LogP contribution < -0.4 is 0 Å². The molecule has 1 N–H and O–H groups in total. The Balaban J connectivity index is 2.56. The van der Waals surface area contributed by atoms with Gasteiger partial charge in [-0.1, -0.05) is 38.4 Å². The molecule has 1 rings (SSSR count). The van der Waals surface area contributed by atoms with Crippen molar-refractivity contribution in [2.75, 3.05) is 6.61 Å². The van der Waals surface area contributed by atoms with E-state index < -0.39 is 20.2 Å². The van der Waals surface area contributed by atoms with Crippen LogP contribution in [0.1, 0.15) is 38.9 Å². The molecule has 0 amide bonds. The number of benzene rings is 1. The molecule has 1 atom stereocenters. The first-order chi connectivity index (χ1) is 9.04. The zero-order valence-corrected chi connectivity index (χ0v) is 14.6. The topological polar surface area (TPSA) is 29.5 Å². The van der Waals surface area contributed by atoms with Crippen molar-refractivity contribution in [3.63, 3.8) is 0 Å². The molecule has 0 aliphatic rings. The third kappa shape index (κ3) is 4.55. The quantitative estimate of drug-likeness (QED) is 0.780. The highest BCUT2D eigenvalue weighted by atomic mass is 35.5. The minimum Gasteiger partial charge on any atom is -0.417 e. The van der Waals surface area contributed by atoms with Crippen molar-refractivity contribution >= 4 is 19.9 Å². The molecule has 0 fully saturated rings. The number of hydrogen-bond donors (Lipinski definition) is 1. The maximum absolute atomic E-state index is 13.3. The molecule has 0 aliphatic carbocycles. The van der Waals surface area contributed by atoms with Crippen LogP contribution in [0.3, 0.4) is 0 Å². The summed E-state index contributed by atoms with van der Waals surface area (Å²) in [4.78, 5) is 0. The minimum absolute atomic E-state index is 0.0680. The van der Waals surface area contributed by atoms with Gasteiger partial charge in [0, 0.05) is 6.61 Å². The molecule has 2 nitrogen and oxygen atoms in total. The molecular formula is C15H24ClFO2Si. The molecule has 1 aromatic carbocycles. The average Bonchev–Trinajstić information content (AvgIpc) is 2.30. The summed E-state index contributed by atoms with van der Waals surface area (Å²) < 4.78 is 19.3. The van der Waals surface area contributed by atoms with E-state index in [0.717, 1.165) is 0 Å². The van der Waals surface area contributed by atoms with Crippen molar-refractivity contribution in [2.45, 2.75) is 51.4 Å². The molecule has 0 saturated heterocycles. The zero-order chi connectivity index (χ0) is 15.6. The molecule has 0 saturated carbocycles. The highest BCUT2D eigenvalue weighted by molar-refractivity contribution is 6.74. The second-order valence-corrected chi connectivity index (χ2v) is 11.8. The van der Waals surface area contributed by atoms with E-state index in [-0.39, 0.29) is 10.1 Å². The second-order valence-electron chi connectivity index (χ2n) is 6.59. The van der Waals surface area contributed by atoms with Gasteiger partial charge in [0.05, 0.1) is 11.1 Å². The molecular weight excluding hydrogens is 295 g/mol. The molecule has 0 spiro atoms. The van der Waals surface area contributed by atoms with Gasteiger partial charge in [-0.15, -0.1) is 0 Å². The van der Waals surface area contributed by atoms with Crippen molar-refractivity contribution in [1.29, 1.82) is 0 Å². The molecule has 0 heterocycles. The first-order valence-electron chi connectivity index (χ1n) is 6.81. The Labute approximate surface area is 127 Å². The lowest BCUT2D eigenvalue weighted by molar-refractivity contribution is 0.136. The number of hydrogen-bond acceptors (Lipinski definition) is 2. The molecule has 0 bridgehead atoms. The summed E-state index contributed by atoms with van der Waals surface area (Å²) in [6, 6.07) is 4.38. The van der Waals surface area contributed by atoms with Gasteiger partial charge < -0.3 is 9.53 Å². The predicted molar refractivity (Wildman–Crippen MR) is 84.1 cm³/mol. The Morgan fingerprint density at radius 2 is 1.95 bits per heavy atom. The lowest BCUT2D eigenvalue weighted by atomic mass is 10.1. The van der Waals surface area contributed by atoms with Crippen LogP contribution in [0.15, 0.2) is 18.2 Å². The number of halogens is 2. The number of rotatable bonds is 5. The van der Waals surface area contributed by atoms with E-state index in [9.17, 15) is 9.50 Å². The summed E-state index contributed by atoms with van der Waals surface area (Å²) in [7, 11) is -1.80. The highest BCUT2D eigenvalue weighted by Crippen LogP contribution is 2.36. The second kappa shape index (κ2) is 6.56. The van der Waals surface area contributed by atoms with Crippen LogP contribution in [0, 0.1) is 5.82 Å². The highest BCUT2D eigenvalue weighted by Gasteiger charge is 2.37. The normalized spacial score (nSPS) is 14.4. The summed E-state index contributed by atoms with van der Waals surface area (Å²) >= 11 is 5.62. The smallest absolute Gasteiger partial charge is 0.191 e. The van der Waals surface area contributed by atoms with Gasteiger partial charge in [0.1, 0.15) is 5.82 Å². The van der Waals surface area contributed by atoms with Crippen LogP contribution in [-0.2, 0) is 4.43 Å². The maximum Gasteiger partial charge on any atom is 0.191 e. The lowest BCUT2D eigenvalue weighted by Crippen LogP contribution is -2.41. The standard InChI is InChI=1S/C15H24ClFO2Si/c1-15(2,3)20(4,5)19-9-8-14(18)11-6-7-12(16)13(17)10-11/h6-7,10,14,18H,8-9H2,1-5H3. The van der Waals surface area contributed by atoms with Crippen LogP contribution in [-0.4, -0.2) is 20.0 Å². The Morgan fingerprint density at radius 3 is 2.45 bits per heavy atom. The summed E-state index contributed by atoms with van der Waals surface area (Å²) in [6.07, 6.45) is -0.278. The summed E-state index contributed by atoms with van der Waals surface area (Å²) in [5.41, 5.74) is 0.533. The summed E-state index contributed by atoms with van der Waals surface area (Å²) in [5, 5.41) is 10.3. The van der Waals surface area contributed by atoms with E-state index in [1.165, 1.54) is 12.1 Å². The van der Waals surface area contributed by atoms with E-state index >= 15 is 0 Å². The summed E-state index contributed by atoms with van der Waals surface area (Å²) in [6.45, 7) is 11.3. The molecule has 114 valence electrons. The van der Waals surface area contributed by atoms with Gasteiger partial charge >= 0.3 is 0 Å². The largest absolute Gasteiger partial charge is 0.417 e. The monoisotopic (exact) mass is 318 g/mol. The Kier molecular flexibility index (Phi) is 5.78. The Hall–Kier alpha value is -0.423.